The lowest BCUT2D eigenvalue weighted by Crippen LogP contribution is -2.35. The van der Waals surface area contributed by atoms with E-state index in [0.717, 1.165) is 25.7 Å². The molecule has 1 atom stereocenters. The van der Waals surface area contributed by atoms with Crippen LogP contribution in [0.15, 0.2) is 21.5 Å². The zero-order valence-corrected chi connectivity index (χ0v) is 11.7. The van der Waals surface area contributed by atoms with Gasteiger partial charge in [-0.2, -0.15) is 4.98 Å². The number of amides is 1. The molecule has 0 N–H and O–H groups in total. The fourth-order valence-corrected chi connectivity index (χ4v) is 2.54. The van der Waals surface area contributed by atoms with Crippen LogP contribution in [0.25, 0.3) is 0 Å². The zero-order valence-electron chi connectivity index (χ0n) is 11.7. The van der Waals surface area contributed by atoms with Gasteiger partial charge in [-0.25, -0.2) is 0 Å². The molecule has 0 spiro atoms. The molecule has 1 aliphatic rings. The molecule has 112 valence electrons. The second kappa shape index (κ2) is 5.94. The summed E-state index contributed by atoms with van der Waals surface area (Å²) in [5.41, 5.74) is 0. The Morgan fingerprint density at radius 2 is 2.29 bits per heavy atom. The molecule has 0 aromatic carbocycles. The number of ether oxygens (including phenoxy) is 1. The van der Waals surface area contributed by atoms with Crippen molar-refractivity contribution in [2.75, 3.05) is 13.7 Å². The first-order valence-electron chi connectivity index (χ1n) is 6.87. The fourth-order valence-electron chi connectivity index (χ4n) is 2.54. The van der Waals surface area contributed by atoms with E-state index in [1.165, 1.54) is 19.6 Å². The topological polar surface area (TPSA) is 94.5 Å². The quantitative estimate of drug-likeness (QED) is 0.851. The van der Waals surface area contributed by atoms with Crippen molar-refractivity contribution in [1.82, 2.24) is 20.2 Å². The highest BCUT2D eigenvalue weighted by molar-refractivity contribution is 5.92. The average Bonchev–Trinajstić information content (AvgIpc) is 3.14. The van der Waals surface area contributed by atoms with E-state index in [1.54, 1.807) is 4.90 Å². The molecule has 1 saturated heterocycles. The number of rotatable bonds is 3. The van der Waals surface area contributed by atoms with E-state index in [2.05, 4.69) is 15.3 Å². The molecule has 1 amide bonds. The molecule has 0 radical (unpaired) electrons. The lowest BCUT2D eigenvalue weighted by atomic mass is 10.1. The average molecular weight is 292 g/mol. The molecule has 2 aromatic rings. The van der Waals surface area contributed by atoms with Gasteiger partial charge < -0.3 is 18.7 Å². The summed E-state index contributed by atoms with van der Waals surface area (Å²) in [5, 5.41) is 7.55. The van der Waals surface area contributed by atoms with E-state index in [1.807, 2.05) is 0 Å². The highest BCUT2D eigenvalue weighted by atomic mass is 16.5. The monoisotopic (exact) mass is 292 g/mol. The fraction of sp³-hybridized carbons (Fsp3) is 0.538. The van der Waals surface area contributed by atoms with Gasteiger partial charge >= 0.3 is 0 Å². The summed E-state index contributed by atoms with van der Waals surface area (Å²) in [6.07, 6.45) is 5.10. The Balaban J connectivity index is 1.86. The SMILES string of the molecule is COc1cc(C(=O)N2CCCCC[C@@H]2c2ncon2)on1. The van der Waals surface area contributed by atoms with Crippen LogP contribution >= 0.6 is 0 Å². The highest BCUT2D eigenvalue weighted by Gasteiger charge is 2.32. The van der Waals surface area contributed by atoms with Crippen LogP contribution in [0, 0.1) is 0 Å². The van der Waals surface area contributed by atoms with Crippen LogP contribution in [-0.4, -0.2) is 39.8 Å². The van der Waals surface area contributed by atoms with Gasteiger partial charge in [0, 0.05) is 6.54 Å². The summed E-state index contributed by atoms with van der Waals surface area (Å²) in [7, 11) is 1.47. The largest absolute Gasteiger partial charge is 0.479 e. The van der Waals surface area contributed by atoms with Gasteiger partial charge in [0.1, 0.15) is 0 Å². The summed E-state index contributed by atoms with van der Waals surface area (Å²) >= 11 is 0. The summed E-state index contributed by atoms with van der Waals surface area (Å²) in [6.45, 7) is 0.626. The van der Waals surface area contributed by atoms with E-state index < -0.39 is 0 Å². The molecular weight excluding hydrogens is 276 g/mol. The summed E-state index contributed by atoms with van der Waals surface area (Å²) < 4.78 is 14.8. The second-order valence-corrected chi connectivity index (χ2v) is 4.89. The minimum absolute atomic E-state index is 0.155. The van der Waals surface area contributed by atoms with Crippen LogP contribution in [0.2, 0.25) is 0 Å². The van der Waals surface area contributed by atoms with Gasteiger partial charge in [0.2, 0.25) is 12.2 Å². The van der Waals surface area contributed by atoms with Gasteiger partial charge in [0.15, 0.2) is 5.82 Å². The van der Waals surface area contributed by atoms with Crippen molar-refractivity contribution < 1.29 is 18.6 Å². The van der Waals surface area contributed by atoms with Gasteiger partial charge in [-0.15, -0.1) is 0 Å². The number of aromatic nitrogens is 3. The number of hydrogen-bond donors (Lipinski definition) is 0. The predicted octanol–water partition coefficient (Wildman–Crippen LogP) is 1.82. The number of methoxy groups -OCH3 is 1. The molecule has 0 aliphatic carbocycles. The van der Waals surface area contributed by atoms with Crippen LogP contribution in [0.5, 0.6) is 5.88 Å². The maximum absolute atomic E-state index is 12.6. The van der Waals surface area contributed by atoms with Gasteiger partial charge in [-0.1, -0.05) is 18.0 Å². The summed E-state index contributed by atoms with van der Waals surface area (Å²) in [4.78, 5) is 18.4. The van der Waals surface area contributed by atoms with Crippen molar-refractivity contribution in [3.8, 4) is 5.88 Å². The molecule has 0 saturated carbocycles. The lowest BCUT2D eigenvalue weighted by Gasteiger charge is -2.26. The Labute approximate surface area is 121 Å². The number of carbonyl (C=O) groups is 1. The van der Waals surface area contributed by atoms with E-state index in [-0.39, 0.29) is 23.6 Å². The third-order valence-corrected chi connectivity index (χ3v) is 3.60. The first-order chi connectivity index (χ1) is 10.3. The van der Waals surface area contributed by atoms with Crippen molar-refractivity contribution in [2.24, 2.45) is 0 Å². The summed E-state index contributed by atoms with van der Waals surface area (Å²) in [5.74, 6) is 0.728. The maximum atomic E-state index is 12.6. The van der Waals surface area contributed by atoms with Crippen LogP contribution < -0.4 is 4.74 Å². The van der Waals surface area contributed by atoms with Crippen LogP contribution in [0.4, 0.5) is 0 Å². The van der Waals surface area contributed by atoms with Gasteiger partial charge in [0.25, 0.3) is 11.8 Å². The minimum atomic E-state index is -0.234. The molecule has 3 rings (SSSR count). The van der Waals surface area contributed by atoms with Crippen LogP contribution in [0.1, 0.15) is 48.1 Å². The third kappa shape index (κ3) is 2.74. The van der Waals surface area contributed by atoms with Crippen molar-refractivity contribution in [2.45, 2.75) is 31.7 Å². The molecule has 8 heteroatoms. The smallest absolute Gasteiger partial charge is 0.293 e. The molecule has 1 fully saturated rings. The number of nitrogens with zero attached hydrogens (tertiary/aromatic N) is 4. The van der Waals surface area contributed by atoms with E-state index in [4.69, 9.17) is 13.8 Å². The normalized spacial score (nSPS) is 19.3. The van der Waals surface area contributed by atoms with Crippen molar-refractivity contribution in [3.05, 3.63) is 24.0 Å². The van der Waals surface area contributed by atoms with Crippen molar-refractivity contribution in [3.63, 3.8) is 0 Å². The molecule has 8 nitrogen and oxygen atoms in total. The Bertz CT molecular complexity index is 595. The predicted molar refractivity (Wildman–Crippen MR) is 69.6 cm³/mol. The van der Waals surface area contributed by atoms with Crippen LogP contribution in [0.3, 0.4) is 0 Å². The standard InChI is InChI=1S/C13H16N4O4/c1-19-11-7-10(21-15-11)13(18)17-6-4-2-3-5-9(17)12-14-8-20-16-12/h7-9H,2-6H2,1H3/t9-/m1/s1. The lowest BCUT2D eigenvalue weighted by molar-refractivity contribution is 0.0627. The minimum Gasteiger partial charge on any atom is -0.479 e. The van der Waals surface area contributed by atoms with Gasteiger partial charge in [-0.3, -0.25) is 4.79 Å². The Morgan fingerprint density at radius 1 is 1.38 bits per heavy atom. The Morgan fingerprint density at radius 3 is 3.00 bits per heavy atom. The molecule has 1 aliphatic heterocycles. The molecule has 2 aromatic heterocycles. The first-order valence-corrected chi connectivity index (χ1v) is 6.87. The van der Waals surface area contributed by atoms with E-state index in [0.29, 0.717) is 12.4 Å². The molecule has 0 bridgehead atoms. The summed E-state index contributed by atoms with van der Waals surface area (Å²) in [6, 6.07) is 1.29. The van der Waals surface area contributed by atoms with Crippen molar-refractivity contribution >= 4 is 5.91 Å². The number of carbonyl (C=O) groups excluding carboxylic acids is 1. The van der Waals surface area contributed by atoms with Gasteiger partial charge in [0.05, 0.1) is 19.2 Å². The zero-order chi connectivity index (χ0) is 14.7. The number of likely N-dealkylation sites (tertiary alicyclic amines) is 1. The molecular formula is C13H16N4O4. The van der Waals surface area contributed by atoms with E-state index >= 15 is 0 Å². The van der Waals surface area contributed by atoms with Crippen molar-refractivity contribution in [1.29, 1.82) is 0 Å². The van der Waals surface area contributed by atoms with Gasteiger partial charge in [-0.05, 0) is 18.0 Å². The highest BCUT2D eigenvalue weighted by Crippen LogP contribution is 2.29. The van der Waals surface area contributed by atoms with E-state index in [9.17, 15) is 4.79 Å². The Kier molecular flexibility index (Phi) is 3.85. The van der Waals surface area contributed by atoms with Crippen LogP contribution in [-0.2, 0) is 0 Å². The first kappa shape index (κ1) is 13.6. The third-order valence-electron chi connectivity index (χ3n) is 3.60. The molecule has 3 heterocycles. The number of hydrogen-bond acceptors (Lipinski definition) is 7. The second-order valence-electron chi connectivity index (χ2n) is 4.89. The molecule has 0 unspecified atom stereocenters. The molecule has 21 heavy (non-hydrogen) atoms. The maximum Gasteiger partial charge on any atom is 0.293 e. The Hall–Kier alpha value is -2.38.